The number of aliphatic hydroxyl groups excluding tert-OH is 2. The third kappa shape index (κ3) is 4.43. The van der Waals surface area contributed by atoms with Gasteiger partial charge in [-0.25, -0.2) is 0 Å². The zero-order valence-corrected chi connectivity index (χ0v) is 9.97. The SMILES string of the molecule is O=C(CCCO)C(F)(F)C(F)(F)C(=O)NCCCO. The Hall–Kier alpha value is -1.22. The molecule has 5 nitrogen and oxygen atoms in total. The maximum absolute atomic E-state index is 13.2. The van der Waals surface area contributed by atoms with Crippen molar-refractivity contribution in [3.63, 3.8) is 0 Å². The molecule has 0 saturated carbocycles. The van der Waals surface area contributed by atoms with Gasteiger partial charge in [-0.05, 0) is 12.8 Å². The van der Waals surface area contributed by atoms with E-state index in [1.807, 2.05) is 0 Å². The predicted octanol–water partition coefficient (Wildman–Crippen LogP) is 0.0972. The Balaban J connectivity index is 4.74. The highest BCUT2D eigenvalue weighted by atomic mass is 19.3. The average molecular weight is 289 g/mol. The van der Waals surface area contributed by atoms with Crippen molar-refractivity contribution in [1.82, 2.24) is 5.32 Å². The van der Waals surface area contributed by atoms with Gasteiger partial charge in [0.25, 0.3) is 5.91 Å². The molecule has 0 atom stereocenters. The first-order chi connectivity index (χ1) is 8.71. The predicted molar refractivity (Wildman–Crippen MR) is 55.9 cm³/mol. The zero-order chi connectivity index (χ0) is 15.1. The molecule has 0 heterocycles. The van der Waals surface area contributed by atoms with Gasteiger partial charge in [0.1, 0.15) is 0 Å². The molecular weight excluding hydrogens is 274 g/mol. The third-order valence-corrected chi connectivity index (χ3v) is 2.21. The van der Waals surface area contributed by atoms with Gasteiger partial charge in [-0.3, -0.25) is 9.59 Å². The van der Waals surface area contributed by atoms with E-state index < -0.39 is 56.1 Å². The van der Waals surface area contributed by atoms with Crippen molar-refractivity contribution in [2.75, 3.05) is 19.8 Å². The van der Waals surface area contributed by atoms with Gasteiger partial charge in [-0.15, -0.1) is 0 Å². The third-order valence-electron chi connectivity index (χ3n) is 2.21. The number of hydrogen-bond acceptors (Lipinski definition) is 4. The molecule has 0 rings (SSSR count). The zero-order valence-electron chi connectivity index (χ0n) is 9.97. The summed E-state index contributed by atoms with van der Waals surface area (Å²) in [6.45, 7) is -1.42. The molecule has 0 spiro atoms. The lowest BCUT2D eigenvalue weighted by Gasteiger charge is -2.24. The normalized spacial score (nSPS) is 12.3. The molecule has 0 aliphatic carbocycles. The molecule has 0 aromatic rings. The quantitative estimate of drug-likeness (QED) is 0.415. The van der Waals surface area contributed by atoms with Crippen molar-refractivity contribution in [3.8, 4) is 0 Å². The lowest BCUT2D eigenvalue weighted by Crippen LogP contribution is -2.56. The van der Waals surface area contributed by atoms with Gasteiger partial charge in [-0.2, -0.15) is 17.6 Å². The van der Waals surface area contributed by atoms with E-state index in [0.717, 1.165) is 0 Å². The van der Waals surface area contributed by atoms with E-state index in [2.05, 4.69) is 0 Å². The Labute approximate surface area is 106 Å². The van der Waals surface area contributed by atoms with E-state index in [0.29, 0.717) is 0 Å². The molecule has 0 radical (unpaired) electrons. The van der Waals surface area contributed by atoms with Crippen LogP contribution in [0.15, 0.2) is 0 Å². The standard InChI is InChI=1S/C10H15F4NO4/c11-9(12,7(18)3-1-5-16)10(13,14)8(19)15-4-2-6-17/h16-17H,1-6H2,(H,15,19). The molecule has 3 N–H and O–H groups in total. The van der Waals surface area contributed by atoms with Crippen LogP contribution in [0, 0.1) is 0 Å². The first-order valence-electron chi connectivity index (χ1n) is 5.50. The highest BCUT2D eigenvalue weighted by molar-refractivity contribution is 5.96. The first-order valence-corrected chi connectivity index (χ1v) is 5.50. The summed E-state index contributed by atoms with van der Waals surface area (Å²) in [5.74, 6) is -14.7. The Morgan fingerprint density at radius 3 is 1.95 bits per heavy atom. The molecule has 0 fully saturated rings. The Bertz CT molecular complexity index is 323. The lowest BCUT2D eigenvalue weighted by molar-refractivity contribution is -0.210. The van der Waals surface area contributed by atoms with Crippen LogP contribution in [0.1, 0.15) is 19.3 Å². The summed E-state index contributed by atoms with van der Waals surface area (Å²) in [6.07, 6.45) is -1.43. The fraction of sp³-hybridized carbons (Fsp3) is 0.800. The molecule has 19 heavy (non-hydrogen) atoms. The Morgan fingerprint density at radius 2 is 1.47 bits per heavy atom. The summed E-state index contributed by atoms with van der Waals surface area (Å²) in [4.78, 5) is 21.9. The molecule has 0 bridgehead atoms. The van der Waals surface area contributed by atoms with Crippen LogP contribution in [-0.2, 0) is 9.59 Å². The van der Waals surface area contributed by atoms with Crippen LogP contribution in [-0.4, -0.2) is 53.5 Å². The fourth-order valence-corrected chi connectivity index (χ4v) is 1.11. The van der Waals surface area contributed by atoms with Crippen LogP contribution in [0.3, 0.4) is 0 Å². The second-order valence-electron chi connectivity index (χ2n) is 3.73. The highest BCUT2D eigenvalue weighted by Gasteiger charge is 2.65. The van der Waals surface area contributed by atoms with Crippen molar-refractivity contribution >= 4 is 11.7 Å². The molecule has 0 unspecified atom stereocenters. The molecule has 1 amide bonds. The smallest absolute Gasteiger partial charge is 0.393 e. The minimum atomic E-state index is -5.17. The van der Waals surface area contributed by atoms with Gasteiger partial charge in [0, 0.05) is 26.2 Å². The summed E-state index contributed by atoms with van der Waals surface area (Å²) < 4.78 is 52.8. The van der Waals surface area contributed by atoms with Crippen LogP contribution in [0.2, 0.25) is 0 Å². The van der Waals surface area contributed by atoms with Crippen LogP contribution in [0.4, 0.5) is 17.6 Å². The Morgan fingerprint density at radius 1 is 0.947 bits per heavy atom. The van der Waals surface area contributed by atoms with Gasteiger partial charge in [0.15, 0.2) is 0 Å². The largest absolute Gasteiger partial charge is 0.396 e. The summed E-state index contributed by atoms with van der Waals surface area (Å²) in [5, 5.41) is 18.2. The number of nitrogens with one attached hydrogen (secondary N) is 1. The number of alkyl halides is 4. The van der Waals surface area contributed by atoms with Crippen LogP contribution in [0.5, 0.6) is 0 Å². The van der Waals surface area contributed by atoms with Gasteiger partial charge < -0.3 is 15.5 Å². The number of ketones is 1. The number of Topliss-reactive ketones (excluding diaryl/α,β-unsaturated/α-hetero) is 1. The number of aliphatic hydroxyl groups is 2. The van der Waals surface area contributed by atoms with E-state index >= 15 is 0 Å². The van der Waals surface area contributed by atoms with Crippen LogP contribution >= 0.6 is 0 Å². The minimum absolute atomic E-state index is 0.0775. The van der Waals surface area contributed by atoms with Gasteiger partial charge >= 0.3 is 11.8 Å². The molecule has 0 saturated heterocycles. The average Bonchev–Trinajstić information content (AvgIpc) is 2.35. The van der Waals surface area contributed by atoms with Crippen LogP contribution in [0.25, 0.3) is 0 Å². The summed E-state index contributed by atoms with van der Waals surface area (Å²) in [7, 11) is 0. The molecule has 0 aromatic carbocycles. The summed E-state index contributed by atoms with van der Waals surface area (Å²) >= 11 is 0. The van der Waals surface area contributed by atoms with Gasteiger partial charge in [-0.1, -0.05) is 0 Å². The van der Waals surface area contributed by atoms with E-state index in [-0.39, 0.29) is 6.42 Å². The summed E-state index contributed by atoms with van der Waals surface area (Å²) in [5.41, 5.74) is 0. The van der Waals surface area contributed by atoms with Crippen molar-refractivity contribution < 1.29 is 37.4 Å². The first kappa shape index (κ1) is 17.8. The van der Waals surface area contributed by atoms with E-state index in [4.69, 9.17) is 10.2 Å². The van der Waals surface area contributed by atoms with E-state index in [1.165, 1.54) is 5.32 Å². The maximum Gasteiger partial charge on any atom is 0.393 e. The monoisotopic (exact) mass is 289 g/mol. The lowest BCUT2D eigenvalue weighted by atomic mass is 10.0. The topological polar surface area (TPSA) is 86.6 Å². The minimum Gasteiger partial charge on any atom is -0.396 e. The number of rotatable bonds is 9. The molecule has 0 aliphatic rings. The second-order valence-corrected chi connectivity index (χ2v) is 3.73. The summed E-state index contributed by atoms with van der Waals surface area (Å²) in [6, 6.07) is 0. The van der Waals surface area contributed by atoms with E-state index in [1.54, 1.807) is 0 Å². The van der Waals surface area contributed by atoms with Crippen molar-refractivity contribution in [3.05, 3.63) is 0 Å². The fourth-order valence-electron chi connectivity index (χ4n) is 1.11. The number of carbonyl (C=O) groups excluding carboxylic acids is 2. The maximum atomic E-state index is 13.2. The number of amides is 1. The molecule has 0 aliphatic heterocycles. The molecule has 9 heteroatoms. The molecule has 0 aromatic heterocycles. The second kappa shape index (κ2) is 7.39. The molecule has 112 valence electrons. The van der Waals surface area contributed by atoms with Crippen molar-refractivity contribution in [2.24, 2.45) is 0 Å². The Kier molecular flexibility index (Phi) is 6.91. The van der Waals surface area contributed by atoms with Crippen molar-refractivity contribution in [2.45, 2.75) is 31.1 Å². The van der Waals surface area contributed by atoms with Gasteiger partial charge in [0.05, 0.1) is 0 Å². The number of carbonyl (C=O) groups is 2. The number of hydrogen-bond donors (Lipinski definition) is 3. The van der Waals surface area contributed by atoms with E-state index in [9.17, 15) is 27.2 Å². The highest BCUT2D eigenvalue weighted by Crippen LogP contribution is 2.36. The molecular formula is C10H15F4NO4. The number of halogens is 4. The van der Waals surface area contributed by atoms with Crippen molar-refractivity contribution in [1.29, 1.82) is 0 Å². The van der Waals surface area contributed by atoms with Crippen LogP contribution < -0.4 is 5.32 Å². The van der Waals surface area contributed by atoms with Gasteiger partial charge in [0.2, 0.25) is 5.78 Å².